The van der Waals surface area contributed by atoms with E-state index in [0.717, 1.165) is 40.7 Å². The molecule has 0 saturated carbocycles. The number of aliphatic hydroxyl groups excluding tert-OH is 1. The summed E-state index contributed by atoms with van der Waals surface area (Å²) in [5.41, 5.74) is 1.38. The summed E-state index contributed by atoms with van der Waals surface area (Å²) in [6, 6.07) is 20.0. The smallest absolute Gasteiger partial charge is 0.217 e. The summed E-state index contributed by atoms with van der Waals surface area (Å²) in [5, 5.41) is 10.2. The zero-order chi connectivity index (χ0) is 43.4. The van der Waals surface area contributed by atoms with Crippen molar-refractivity contribution in [2.45, 2.75) is 119 Å². The summed E-state index contributed by atoms with van der Waals surface area (Å²) in [7, 11) is -7.49. The van der Waals surface area contributed by atoms with E-state index in [2.05, 4.69) is 90.3 Å². The van der Waals surface area contributed by atoms with Gasteiger partial charge in [-0.2, -0.15) is 0 Å². The van der Waals surface area contributed by atoms with Crippen LogP contribution < -0.4 is 4.74 Å². The minimum atomic E-state index is -4.53. The van der Waals surface area contributed by atoms with Gasteiger partial charge in [-0.15, -0.1) is 0 Å². The largest absolute Gasteiger partial charge is 0.744 e. The van der Waals surface area contributed by atoms with E-state index < -0.39 is 20.5 Å². The Labute approximate surface area is 341 Å². The monoisotopic (exact) mass is 830 g/mol. The quantitative estimate of drug-likeness (QED) is 0.0735. The van der Waals surface area contributed by atoms with Gasteiger partial charge < -0.3 is 28.4 Å². The van der Waals surface area contributed by atoms with Gasteiger partial charge in [-0.1, -0.05) is 144 Å². The van der Waals surface area contributed by atoms with Gasteiger partial charge in [0, 0.05) is 7.11 Å². The lowest BCUT2D eigenvalue weighted by Crippen LogP contribution is -2.09. The number of methoxy groups -OCH3 is 1. The van der Waals surface area contributed by atoms with Crippen LogP contribution in [0.4, 0.5) is 0 Å². The molecule has 0 radical (unpaired) electrons. The number of unbranched alkanes of at least 4 members (excludes halogenated alkanes) is 5. The molecule has 0 fully saturated rings. The normalized spacial score (nSPS) is 10.8. The van der Waals surface area contributed by atoms with E-state index in [1.165, 1.54) is 63.3 Å². The molecule has 3 rings (SSSR count). The van der Waals surface area contributed by atoms with E-state index >= 15 is 0 Å². The Morgan fingerprint density at radius 3 is 1.62 bits per heavy atom. The molecule has 0 spiro atoms. The molecule has 0 saturated heterocycles. The van der Waals surface area contributed by atoms with Crippen molar-refractivity contribution in [1.29, 1.82) is 0 Å². The first-order valence-electron chi connectivity index (χ1n) is 19.6. The highest BCUT2D eigenvalue weighted by Crippen LogP contribution is 2.18. The van der Waals surface area contributed by atoms with Crippen LogP contribution in [0.3, 0.4) is 0 Å². The zero-order valence-corrected chi connectivity index (χ0v) is 37.8. The average Bonchev–Trinajstić information content (AvgIpc) is 3.09. The van der Waals surface area contributed by atoms with Crippen molar-refractivity contribution in [2.24, 2.45) is 17.8 Å². The van der Waals surface area contributed by atoms with E-state index in [9.17, 15) is 25.9 Å². The predicted octanol–water partition coefficient (Wildman–Crippen LogP) is 9.82. The van der Waals surface area contributed by atoms with Gasteiger partial charge in [0.15, 0.2) is 0 Å². The van der Waals surface area contributed by atoms with E-state index in [0.29, 0.717) is 19.8 Å². The van der Waals surface area contributed by atoms with Crippen molar-refractivity contribution in [3.8, 4) is 5.75 Å². The minimum absolute atomic E-state index is 0.0626. The summed E-state index contributed by atoms with van der Waals surface area (Å²) in [6.45, 7) is 23.1. The third-order valence-corrected chi connectivity index (χ3v) is 7.29. The van der Waals surface area contributed by atoms with Crippen LogP contribution in [0.5, 0.6) is 5.75 Å². The van der Waals surface area contributed by atoms with Gasteiger partial charge in [-0.25, -0.2) is 16.8 Å². The van der Waals surface area contributed by atoms with Gasteiger partial charge in [0.25, 0.3) is 0 Å². The summed E-state index contributed by atoms with van der Waals surface area (Å²) in [4.78, 5) is -0.184. The fourth-order valence-electron chi connectivity index (χ4n) is 3.79. The van der Waals surface area contributed by atoms with Gasteiger partial charge >= 0.3 is 0 Å². The Kier molecular flexibility index (Phi) is 37.8. The van der Waals surface area contributed by atoms with Crippen LogP contribution in [0.15, 0.2) is 71.6 Å². The first-order valence-corrected chi connectivity index (χ1v) is 22.4. The summed E-state index contributed by atoms with van der Waals surface area (Å²) in [6.07, 6.45) is 9.19. The van der Waals surface area contributed by atoms with Crippen LogP contribution in [-0.2, 0) is 40.6 Å². The van der Waals surface area contributed by atoms with Crippen LogP contribution in [-0.4, -0.2) is 77.8 Å². The Morgan fingerprint density at radius 1 is 0.625 bits per heavy atom. The number of aliphatic hydroxyl groups is 1. The Bertz CT molecular complexity index is 1500. The number of aryl methyl sites for hydroxylation is 1. The molecule has 56 heavy (non-hydrogen) atoms. The second-order valence-electron chi connectivity index (χ2n) is 14.7. The Morgan fingerprint density at radius 2 is 1.14 bits per heavy atom. The number of hydrogen-bond donors (Lipinski definition) is 1. The van der Waals surface area contributed by atoms with Crippen molar-refractivity contribution in [3.05, 3.63) is 72.3 Å². The highest BCUT2D eigenvalue weighted by Gasteiger charge is 2.01. The van der Waals surface area contributed by atoms with Gasteiger partial charge in [0.05, 0.1) is 37.9 Å². The molecule has 0 aliphatic carbocycles. The summed E-state index contributed by atoms with van der Waals surface area (Å²) < 4.78 is 80.1. The second kappa shape index (κ2) is 36.7. The number of hydrogen-bond acceptors (Lipinski definition) is 11. The fraction of sp³-hybridized carbons (Fsp3) is 0.628. The number of benzene rings is 3. The first-order chi connectivity index (χ1) is 26.2. The van der Waals surface area contributed by atoms with E-state index in [-0.39, 0.29) is 24.7 Å². The Hall–Kier alpha value is -2.62. The molecule has 0 amide bonds. The lowest BCUT2D eigenvalue weighted by molar-refractivity contribution is 0.0705. The number of ether oxygens (including phenoxy) is 3. The second-order valence-corrected chi connectivity index (χ2v) is 17.2. The SMILES string of the molecule is CC(C)C.CC(C)C.CC(C)C.CCCCCCCCc1ccc(OCCOCCO)cc1.COCCOS(=O)(=O)[O-].O=S(=O)([O-])c1ccc2ccccc2c1. The number of rotatable bonds is 18. The van der Waals surface area contributed by atoms with Crippen LogP contribution in [0.1, 0.15) is 113 Å². The summed E-state index contributed by atoms with van der Waals surface area (Å²) in [5.74, 6) is 3.38. The molecule has 11 nitrogen and oxygen atoms in total. The lowest BCUT2D eigenvalue weighted by atomic mass is 10.0. The molecule has 326 valence electrons. The third kappa shape index (κ3) is 44.1. The fourth-order valence-corrected chi connectivity index (χ4v) is 4.57. The predicted molar refractivity (Wildman–Crippen MR) is 228 cm³/mol. The average molecular weight is 831 g/mol. The molecular formula is C43H74O11S2-2. The van der Waals surface area contributed by atoms with E-state index in [1.54, 1.807) is 18.2 Å². The highest BCUT2D eigenvalue weighted by atomic mass is 32.3. The molecule has 0 aromatic heterocycles. The van der Waals surface area contributed by atoms with Crippen molar-refractivity contribution in [1.82, 2.24) is 0 Å². The maximum absolute atomic E-state index is 10.7. The minimum Gasteiger partial charge on any atom is -0.744 e. The van der Waals surface area contributed by atoms with Gasteiger partial charge in [0.1, 0.15) is 22.5 Å². The molecule has 0 bridgehead atoms. The van der Waals surface area contributed by atoms with Crippen molar-refractivity contribution >= 4 is 31.3 Å². The molecule has 0 aliphatic rings. The van der Waals surface area contributed by atoms with Gasteiger partial charge in [-0.05, 0) is 71.2 Å². The summed E-state index contributed by atoms with van der Waals surface area (Å²) >= 11 is 0. The van der Waals surface area contributed by atoms with Crippen molar-refractivity contribution in [3.63, 3.8) is 0 Å². The van der Waals surface area contributed by atoms with Crippen molar-refractivity contribution < 1.29 is 49.4 Å². The number of fused-ring (bicyclic) bond motifs is 1. The van der Waals surface area contributed by atoms with Crippen LogP contribution in [0.25, 0.3) is 10.8 Å². The molecular weight excluding hydrogens is 757 g/mol. The topological polar surface area (TPSA) is 172 Å². The van der Waals surface area contributed by atoms with E-state index in [1.807, 2.05) is 24.3 Å². The van der Waals surface area contributed by atoms with Crippen LogP contribution in [0, 0.1) is 17.8 Å². The van der Waals surface area contributed by atoms with Gasteiger partial charge in [-0.3, -0.25) is 4.18 Å². The maximum Gasteiger partial charge on any atom is 0.217 e. The molecule has 1 N–H and O–H groups in total. The molecule has 0 heterocycles. The third-order valence-electron chi connectivity index (χ3n) is 6.00. The Balaban J connectivity index is -0.000000689. The van der Waals surface area contributed by atoms with Crippen molar-refractivity contribution in [2.75, 3.05) is 46.8 Å². The molecule has 0 aliphatic heterocycles. The molecule has 0 atom stereocenters. The molecule has 3 aromatic rings. The first kappa shape index (κ1) is 57.7. The van der Waals surface area contributed by atoms with Crippen LogP contribution in [0.2, 0.25) is 0 Å². The molecule has 13 heteroatoms. The van der Waals surface area contributed by atoms with E-state index in [4.69, 9.17) is 14.6 Å². The lowest BCUT2D eigenvalue weighted by Gasteiger charge is -2.07. The standard InChI is InChI=1S/C18H30O3.C10H8O3S.3C4H10.C3H8O5S/c1-2-3-4-5-6-7-8-17-9-11-18(12-10-17)21-16-15-20-14-13-19;11-14(12,13)10-6-5-8-3-1-2-4-9(8)7-10;3*1-4(2)3;1-7-2-3-8-9(4,5)6/h9-12,19H,2-8,13-16H2,1H3;1-7H,(H,11,12,13);3*4H,1-3H3;2-3H2,1H3,(H,4,5,6)/p-2. The zero-order valence-electron chi connectivity index (χ0n) is 36.1. The maximum atomic E-state index is 10.7. The van der Waals surface area contributed by atoms with Crippen LogP contribution >= 0.6 is 0 Å². The van der Waals surface area contributed by atoms with Gasteiger partial charge in [0.2, 0.25) is 10.4 Å². The molecule has 0 unspecified atom stereocenters. The highest BCUT2D eigenvalue weighted by molar-refractivity contribution is 7.85. The molecule has 3 aromatic carbocycles.